The molecule has 1 aliphatic heterocycles. The maximum absolute atomic E-state index is 12.8. The molecule has 2 N–H and O–H groups in total. The lowest BCUT2D eigenvalue weighted by molar-refractivity contribution is -0.149. The summed E-state index contributed by atoms with van der Waals surface area (Å²) in [6.45, 7) is 4.26. The van der Waals surface area contributed by atoms with Crippen LogP contribution in [0.5, 0.6) is 0 Å². The zero-order valence-corrected chi connectivity index (χ0v) is 19.0. The number of carbonyl (C=O) groups is 3. The second kappa shape index (κ2) is 9.25. The van der Waals surface area contributed by atoms with Gasteiger partial charge >= 0.3 is 12.1 Å². The van der Waals surface area contributed by atoms with Crippen molar-refractivity contribution in [3.8, 4) is 11.1 Å². The van der Waals surface area contributed by atoms with E-state index >= 15 is 0 Å². The Morgan fingerprint density at radius 3 is 2.30 bits per heavy atom. The summed E-state index contributed by atoms with van der Waals surface area (Å²) in [6, 6.07) is 15.4. The van der Waals surface area contributed by atoms with Gasteiger partial charge in [0.15, 0.2) is 0 Å². The van der Waals surface area contributed by atoms with Gasteiger partial charge in [-0.15, -0.1) is 0 Å². The second-order valence-electron chi connectivity index (χ2n) is 9.04. The molecule has 2 aromatic carbocycles. The summed E-state index contributed by atoms with van der Waals surface area (Å²) in [5.74, 6) is -1.21. The SMILES string of the molecule is CCCC1(C(=O)O)CCN(C(=O)C(C)NC(=O)OCC2c3ccccc3-c3ccccc32)C1. The van der Waals surface area contributed by atoms with E-state index in [1.54, 1.807) is 6.92 Å². The van der Waals surface area contributed by atoms with Crippen LogP contribution in [-0.4, -0.2) is 53.7 Å². The van der Waals surface area contributed by atoms with E-state index in [-0.39, 0.29) is 25.0 Å². The third-order valence-electron chi connectivity index (χ3n) is 6.90. The molecule has 0 radical (unpaired) electrons. The molecule has 7 nitrogen and oxygen atoms in total. The monoisotopic (exact) mass is 450 g/mol. The number of fused-ring (bicyclic) bond motifs is 3. The van der Waals surface area contributed by atoms with E-state index in [2.05, 4.69) is 17.4 Å². The van der Waals surface area contributed by atoms with Crippen molar-refractivity contribution < 1.29 is 24.2 Å². The Morgan fingerprint density at radius 2 is 1.73 bits per heavy atom. The maximum atomic E-state index is 12.8. The first kappa shape index (κ1) is 22.8. The number of ether oxygens (including phenoxy) is 1. The number of likely N-dealkylation sites (tertiary alicyclic amines) is 1. The number of amides is 2. The number of hydrogen-bond acceptors (Lipinski definition) is 4. The van der Waals surface area contributed by atoms with Crippen LogP contribution in [0.25, 0.3) is 11.1 Å². The summed E-state index contributed by atoms with van der Waals surface area (Å²) in [7, 11) is 0. The first-order valence-electron chi connectivity index (χ1n) is 11.5. The lowest BCUT2D eigenvalue weighted by Crippen LogP contribution is -2.47. The van der Waals surface area contributed by atoms with Crippen molar-refractivity contribution >= 4 is 18.0 Å². The van der Waals surface area contributed by atoms with Gasteiger partial charge in [0.25, 0.3) is 0 Å². The minimum atomic E-state index is -0.895. The number of aliphatic carboxylic acids is 1. The van der Waals surface area contributed by atoms with E-state index in [0.717, 1.165) is 28.7 Å². The number of nitrogens with one attached hydrogen (secondary N) is 1. The Hall–Kier alpha value is -3.35. The van der Waals surface area contributed by atoms with Gasteiger partial charge < -0.3 is 20.1 Å². The van der Waals surface area contributed by atoms with E-state index in [1.807, 2.05) is 43.3 Å². The standard InChI is InChI=1S/C26H30N2O5/c1-3-12-26(24(30)31)13-14-28(16-26)23(29)17(2)27-25(32)33-15-22-20-10-6-4-8-18(20)19-9-5-7-11-21(19)22/h4-11,17,22H,3,12-16H2,1-2H3,(H,27,32)(H,30,31). The van der Waals surface area contributed by atoms with Crippen LogP contribution < -0.4 is 5.32 Å². The summed E-state index contributed by atoms with van der Waals surface area (Å²) in [6.07, 6.45) is 1.04. The molecule has 2 aliphatic rings. The van der Waals surface area contributed by atoms with Crippen molar-refractivity contribution in [1.29, 1.82) is 0 Å². The van der Waals surface area contributed by atoms with E-state index in [1.165, 1.54) is 4.90 Å². The van der Waals surface area contributed by atoms with Crippen LogP contribution in [-0.2, 0) is 14.3 Å². The zero-order valence-electron chi connectivity index (χ0n) is 19.0. The summed E-state index contributed by atoms with van der Waals surface area (Å²) in [5, 5.41) is 12.3. The Labute approximate surface area is 193 Å². The summed E-state index contributed by atoms with van der Waals surface area (Å²) >= 11 is 0. The minimum Gasteiger partial charge on any atom is -0.481 e. The first-order chi connectivity index (χ1) is 15.9. The van der Waals surface area contributed by atoms with Gasteiger partial charge in [0.2, 0.25) is 5.91 Å². The van der Waals surface area contributed by atoms with Crippen LogP contribution in [0.3, 0.4) is 0 Å². The largest absolute Gasteiger partial charge is 0.481 e. The lowest BCUT2D eigenvalue weighted by Gasteiger charge is -2.26. The van der Waals surface area contributed by atoms with Gasteiger partial charge in [-0.1, -0.05) is 61.9 Å². The smallest absolute Gasteiger partial charge is 0.407 e. The van der Waals surface area contributed by atoms with Crippen molar-refractivity contribution in [3.05, 3.63) is 59.7 Å². The van der Waals surface area contributed by atoms with Gasteiger partial charge in [0, 0.05) is 19.0 Å². The number of benzene rings is 2. The summed E-state index contributed by atoms with van der Waals surface area (Å²) in [4.78, 5) is 38.7. The van der Waals surface area contributed by atoms with Gasteiger partial charge in [0.1, 0.15) is 12.6 Å². The topological polar surface area (TPSA) is 95.9 Å². The molecule has 0 bridgehead atoms. The average Bonchev–Trinajstić information content (AvgIpc) is 3.38. The molecule has 2 amide bonds. The number of nitrogens with zero attached hydrogens (tertiary/aromatic N) is 1. The lowest BCUT2D eigenvalue weighted by atomic mass is 9.83. The average molecular weight is 451 g/mol. The molecule has 33 heavy (non-hydrogen) atoms. The Morgan fingerprint density at radius 1 is 1.12 bits per heavy atom. The molecule has 1 fully saturated rings. The number of carboxylic acid groups (broad SMARTS) is 1. The molecule has 4 rings (SSSR count). The predicted molar refractivity (Wildman–Crippen MR) is 124 cm³/mol. The van der Waals surface area contributed by atoms with Gasteiger partial charge in [-0.3, -0.25) is 9.59 Å². The van der Waals surface area contributed by atoms with E-state index < -0.39 is 23.5 Å². The molecule has 1 saturated heterocycles. The number of carbonyl (C=O) groups excluding carboxylic acids is 2. The number of carboxylic acids is 1. The quantitative estimate of drug-likeness (QED) is 0.664. The first-order valence-corrected chi connectivity index (χ1v) is 11.5. The van der Waals surface area contributed by atoms with E-state index in [4.69, 9.17) is 4.74 Å². The molecule has 0 aromatic heterocycles. The van der Waals surface area contributed by atoms with Crippen LogP contribution in [0.4, 0.5) is 4.79 Å². The number of alkyl carbamates (subject to hydrolysis) is 1. The molecule has 1 heterocycles. The molecule has 1 aliphatic carbocycles. The van der Waals surface area contributed by atoms with Gasteiger partial charge in [-0.05, 0) is 42.0 Å². The van der Waals surface area contributed by atoms with Crippen molar-refractivity contribution in [1.82, 2.24) is 10.2 Å². The van der Waals surface area contributed by atoms with Gasteiger partial charge in [-0.25, -0.2) is 4.79 Å². The van der Waals surface area contributed by atoms with Crippen molar-refractivity contribution in [2.45, 2.75) is 45.1 Å². The van der Waals surface area contributed by atoms with E-state index in [9.17, 15) is 19.5 Å². The van der Waals surface area contributed by atoms with Crippen molar-refractivity contribution in [2.75, 3.05) is 19.7 Å². The molecular weight excluding hydrogens is 420 g/mol. The van der Waals surface area contributed by atoms with Crippen LogP contribution in [0, 0.1) is 5.41 Å². The van der Waals surface area contributed by atoms with Crippen LogP contribution in [0.1, 0.15) is 50.2 Å². The number of rotatable bonds is 7. The van der Waals surface area contributed by atoms with Gasteiger partial charge in [-0.2, -0.15) is 0 Å². The minimum absolute atomic E-state index is 0.0574. The van der Waals surface area contributed by atoms with Crippen molar-refractivity contribution in [2.24, 2.45) is 5.41 Å². The predicted octanol–water partition coefficient (Wildman–Crippen LogP) is 4.02. The molecule has 2 unspecified atom stereocenters. The fourth-order valence-corrected chi connectivity index (χ4v) is 5.18. The fourth-order valence-electron chi connectivity index (χ4n) is 5.18. The fraction of sp³-hybridized carbons (Fsp3) is 0.423. The van der Waals surface area contributed by atoms with Crippen molar-refractivity contribution in [3.63, 3.8) is 0 Å². The Bertz CT molecular complexity index is 1020. The van der Waals surface area contributed by atoms with Crippen LogP contribution in [0.15, 0.2) is 48.5 Å². The van der Waals surface area contributed by atoms with Gasteiger partial charge in [0.05, 0.1) is 5.41 Å². The maximum Gasteiger partial charge on any atom is 0.407 e. The highest BCUT2D eigenvalue weighted by molar-refractivity contribution is 5.87. The molecular formula is C26H30N2O5. The zero-order chi connectivity index (χ0) is 23.6. The molecule has 2 atom stereocenters. The molecule has 7 heteroatoms. The summed E-state index contributed by atoms with van der Waals surface area (Å²) in [5.41, 5.74) is 3.64. The molecule has 0 spiro atoms. The van der Waals surface area contributed by atoms with Crippen LogP contribution >= 0.6 is 0 Å². The molecule has 174 valence electrons. The highest BCUT2D eigenvalue weighted by Gasteiger charge is 2.46. The molecule has 0 saturated carbocycles. The third kappa shape index (κ3) is 4.32. The highest BCUT2D eigenvalue weighted by Crippen LogP contribution is 2.44. The second-order valence-corrected chi connectivity index (χ2v) is 9.04. The van der Waals surface area contributed by atoms with E-state index in [0.29, 0.717) is 19.4 Å². The highest BCUT2D eigenvalue weighted by atomic mass is 16.5. The number of hydrogen-bond donors (Lipinski definition) is 2. The third-order valence-corrected chi connectivity index (χ3v) is 6.90. The Kier molecular flexibility index (Phi) is 6.40. The summed E-state index contributed by atoms with van der Waals surface area (Å²) < 4.78 is 5.53. The normalized spacial score (nSPS) is 20.1. The Balaban J connectivity index is 1.35. The molecule has 2 aromatic rings. The van der Waals surface area contributed by atoms with Crippen LogP contribution in [0.2, 0.25) is 0 Å².